The molecule has 4 nitrogen and oxygen atoms in total. The molecule has 0 spiro atoms. The molecule has 74 valence electrons. The van der Waals surface area contributed by atoms with Gasteiger partial charge in [0.1, 0.15) is 0 Å². The highest BCUT2D eigenvalue weighted by atomic mass is 35.5. The van der Waals surface area contributed by atoms with Crippen LogP contribution in [0.1, 0.15) is 10.4 Å². The zero-order valence-electron chi connectivity index (χ0n) is 7.49. The Morgan fingerprint density at radius 2 is 2.21 bits per heavy atom. The Bertz CT molecular complexity index is 439. The Balaban J connectivity index is 0.000000461. The number of hydrogen-bond donors (Lipinski definition) is 2. The number of nitrogens with one attached hydrogen (secondary N) is 1. The van der Waals surface area contributed by atoms with E-state index in [0.717, 1.165) is 11.0 Å². The van der Waals surface area contributed by atoms with Crippen molar-refractivity contribution in [3.8, 4) is 0 Å². The second kappa shape index (κ2) is 4.62. The van der Waals surface area contributed by atoms with Crippen LogP contribution in [-0.2, 0) is 0 Å². The van der Waals surface area contributed by atoms with E-state index in [4.69, 9.17) is 5.11 Å². The van der Waals surface area contributed by atoms with Crippen molar-refractivity contribution >= 4 is 28.6 Å². The van der Waals surface area contributed by atoms with Gasteiger partial charge in [-0.2, -0.15) is 0 Å². The monoisotopic (exact) mass is 212 g/mol. The summed E-state index contributed by atoms with van der Waals surface area (Å²) in [4.78, 5) is 17.3. The first-order valence-electron chi connectivity index (χ1n) is 3.81. The average Bonchev–Trinajstić information content (AvgIpc) is 2.67. The molecule has 0 aliphatic carbocycles. The quantitative estimate of drug-likeness (QED) is 0.712. The fraction of sp³-hybridized carbons (Fsp3) is 0.111. The van der Waals surface area contributed by atoms with E-state index in [-0.39, 0.29) is 5.56 Å². The molecule has 0 unspecified atom stereocenters. The number of alkyl halides is 1. The summed E-state index contributed by atoms with van der Waals surface area (Å²) in [6, 6.07) is 4.77. The number of carboxylic acid groups (broad SMARTS) is 1. The number of carbonyl (C=O) groups is 1. The Kier molecular flexibility index (Phi) is 3.48. The van der Waals surface area contributed by atoms with Crippen LogP contribution in [0.15, 0.2) is 24.5 Å². The number of hydrogen-bond acceptors (Lipinski definition) is 2. The molecule has 2 aromatic rings. The highest BCUT2D eigenvalue weighted by Gasteiger charge is 2.03. The predicted molar refractivity (Wildman–Crippen MR) is 54.8 cm³/mol. The van der Waals surface area contributed by atoms with Gasteiger partial charge in [-0.05, 0) is 18.2 Å². The van der Waals surface area contributed by atoms with Gasteiger partial charge in [-0.3, -0.25) is 0 Å². The van der Waals surface area contributed by atoms with Crippen LogP contribution in [0, 0.1) is 0 Å². The van der Waals surface area contributed by atoms with Crippen molar-refractivity contribution in [2.45, 2.75) is 0 Å². The van der Waals surface area contributed by atoms with Crippen molar-refractivity contribution in [1.29, 1.82) is 0 Å². The minimum absolute atomic E-state index is 0.270. The van der Waals surface area contributed by atoms with Gasteiger partial charge in [0.15, 0.2) is 0 Å². The average molecular weight is 213 g/mol. The number of halogens is 1. The molecule has 0 aliphatic rings. The van der Waals surface area contributed by atoms with Crippen molar-refractivity contribution in [2.75, 3.05) is 6.38 Å². The fourth-order valence-electron chi connectivity index (χ4n) is 1.07. The first-order valence-corrected chi connectivity index (χ1v) is 4.57. The minimum atomic E-state index is -0.925. The SMILES string of the molecule is CCl.O=C(O)c1ccc2nc[nH]c2c1. The van der Waals surface area contributed by atoms with Crippen molar-refractivity contribution in [1.82, 2.24) is 9.97 Å². The van der Waals surface area contributed by atoms with Gasteiger partial charge in [0, 0.05) is 6.38 Å². The molecule has 0 amide bonds. The molecule has 14 heavy (non-hydrogen) atoms. The molecule has 0 bridgehead atoms. The van der Waals surface area contributed by atoms with Crippen LogP contribution < -0.4 is 0 Å². The van der Waals surface area contributed by atoms with Crippen molar-refractivity contribution < 1.29 is 9.90 Å². The zero-order valence-corrected chi connectivity index (χ0v) is 8.25. The third-order valence-electron chi connectivity index (χ3n) is 1.67. The molecule has 1 heterocycles. The number of carboxylic acids is 1. The summed E-state index contributed by atoms with van der Waals surface area (Å²) in [5.74, 6) is -0.925. The number of nitrogens with zero attached hydrogens (tertiary/aromatic N) is 1. The molecule has 0 saturated carbocycles. The van der Waals surface area contributed by atoms with E-state index in [1.165, 1.54) is 18.8 Å². The van der Waals surface area contributed by atoms with E-state index in [2.05, 4.69) is 21.6 Å². The summed E-state index contributed by atoms with van der Waals surface area (Å²) >= 11 is 4.64. The normalized spacial score (nSPS) is 9.29. The van der Waals surface area contributed by atoms with Crippen LogP contribution in [0.2, 0.25) is 0 Å². The van der Waals surface area contributed by atoms with E-state index in [9.17, 15) is 4.79 Å². The van der Waals surface area contributed by atoms with Gasteiger partial charge in [0.25, 0.3) is 0 Å². The van der Waals surface area contributed by atoms with Crippen molar-refractivity contribution in [3.63, 3.8) is 0 Å². The first kappa shape index (κ1) is 10.5. The fourth-order valence-corrected chi connectivity index (χ4v) is 1.07. The molecular formula is C9H9ClN2O2. The van der Waals surface area contributed by atoms with E-state index >= 15 is 0 Å². The molecule has 2 N–H and O–H groups in total. The molecule has 5 heteroatoms. The minimum Gasteiger partial charge on any atom is -0.478 e. The molecule has 1 aromatic heterocycles. The number of aromatic nitrogens is 2. The summed E-state index contributed by atoms with van der Waals surface area (Å²) in [5.41, 5.74) is 1.79. The van der Waals surface area contributed by atoms with Gasteiger partial charge in [0.2, 0.25) is 0 Å². The Hall–Kier alpha value is -1.55. The molecule has 2 rings (SSSR count). The number of rotatable bonds is 1. The third-order valence-corrected chi connectivity index (χ3v) is 1.67. The largest absolute Gasteiger partial charge is 0.478 e. The second-order valence-electron chi connectivity index (χ2n) is 2.44. The standard InChI is InChI=1S/C8H6N2O2.CH3Cl/c11-8(12)5-1-2-6-7(3-5)10-4-9-6;1-2/h1-4H,(H,9,10)(H,11,12);1H3. The van der Waals surface area contributed by atoms with Gasteiger partial charge in [-0.1, -0.05) is 0 Å². The molecule has 0 aliphatic heterocycles. The molecule has 0 fully saturated rings. The molecule has 0 atom stereocenters. The van der Waals surface area contributed by atoms with Gasteiger partial charge < -0.3 is 10.1 Å². The number of aromatic carboxylic acids is 1. The molecule has 0 radical (unpaired) electrons. The maximum atomic E-state index is 10.5. The number of aromatic amines is 1. The van der Waals surface area contributed by atoms with E-state index in [0.29, 0.717) is 0 Å². The van der Waals surface area contributed by atoms with Crippen LogP contribution in [0.25, 0.3) is 11.0 Å². The van der Waals surface area contributed by atoms with Crippen molar-refractivity contribution in [3.05, 3.63) is 30.1 Å². The van der Waals surface area contributed by atoms with Crippen LogP contribution >= 0.6 is 11.6 Å². The topological polar surface area (TPSA) is 66.0 Å². The lowest BCUT2D eigenvalue weighted by atomic mass is 10.2. The summed E-state index contributed by atoms with van der Waals surface area (Å²) in [6.07, 6.45) is 3.01. The van der Waals surface area contributed by atoms with Crippen LogP contribution in [-0.4, -0.2) is 27.4 Å². The lowest BCUT2D eigenvalue weighted by Crippen LogP contribution is -1.94. The smallest absolute Gasteiger partial charge is 0.335 e. The van der Waals surface area contributed by atoms with Gasteiger partial charge in [-0.25, -0.2) is 9.78 Å². The maximum Gasteiger partial charge on any atom is 0.335 e. The number of imidazole rings is 1. The van der Waals surface area contributed by atoms with Crippen LogP contribution in [0.5, 0.6) is 0 Å². The van der Waals surface area contributed by atoms with E-state index in [1.54, 1.807) is 12.1 Å². The predicted octanol–water partition coefficient (Wildman–Crippen LogP) is 2.12. The number of benzene rings is 1. The van der Waals surface area contributed by atoms with Crippen LogP contribution in [0.4, 0.5) is 0 Å². The van der Waals surface area contributed by atoms with Gasteiger partial charge in [0.05, 0.1) is 22.9 Å². The summed E-state index contributed by atoms with van der Waals surface area (Å²) in [5, 5.41) is 8.65. The maximum absolute atomic E-state index is 10.5. The lowest BCUT2D eigenvalue weighted by Gasteiger charge is -1.92. The van der Waals surface area contributed by atoms with Gasteiger partial charge in [-0.15, -0.1) is 11.6 Å². The summed E-state index contributed by atoms with van der Waals surface area (Å²) < 4.78 is 0. The Morgan fingerprint density at radius 3 is 2.86 bits per heavy atom. The highest BCUT2D eigenvalue weighted by Crippen LogP contribution is 2.10. The number of fused-ring (bicyclic) bond motifs is 1. The van der Waals surface area contributed by atoms with E-state index in [1.807, 2.05) is 0 Å². The zero-order chi connectivity index (χ0) is 10.6. The highest BCUT2D eigenvalue weighted by molar-refractivity contribution is 6.15. The summed E-state index contributed by atoms with van der Waals surface area (Å²) in [7, 11) is 0. The lowest BCUT2D eigenvalue weighted by molar-refractivity contribution is 0.0697. The van der Waals surface area contributed by atoms with Crippen molar-refractivity contribution in [2.24, 2.45) is 0 Å². The Morgan fingerprint density at radius 1 is 1.50 bits per heavy atom. The second-order valence-corrected chi connectivity index (χ2v) is 2.44. The van der Waals surface area contributed by atoms with Crippen LogP contribution in [0.3, 0.4) is 0 Å². The third kappa shape index (κ3) is 2.03. The van der Waals surface area contributed by atoms with Gasteiger partial charge >= 0.3 is 5.97 Å². The molecule has 1 aromatic carbocycles. The molecule has 0 saturated heterocycles. The summed E-state index contributed by atoms with van der Waals surface area (Å²) in [6.45, 7) is 0. The van der Waals surface area contributed by atoms with E-state index < -0.39 is 5.97 Å². The number of H-pyrrole nitrogens is 1. The first-order chi connectivity index (χ1) is 6.77. The molecular weight excluding hydrogens is 204 g/mol. The Labute approximate surface area is 85.5 Å².